The number of benzene rings is 1. The maximum Gasteiger partial charge on any atom is 0.305 e. The lowest BCUT2D eigenvalue weighted by molar-refractivity contribution is -0.139. The van der Waals surface area contributed by atoms with E-state index in [1.54, 1.807) is 16.0 Å². The fourth-order valence-corrected chi connectivity index (χ4v) is 3.79. The van der Waals surface area contributed by atoms with Gasteiger partial charge in [0.05, 0.1) is 25.0 Å². The minimum Gasteiger partial charge on any atom is -0.481 e. The number of aliphatic carboxylic acids is 1. The van der Waals surface area contributed by atoms with Crippen LogP contribution in [0.15, 0.2) is 30.5 Å². The third kappa shape index (κ3) is 4.78. The van der Waals surface area contributed by atoms with E-state index in [1.165, 1.54) is 6.92 Å². The Morgan fingerprint density at radius 1 is 1.29 bits per heavy atom. The van der Waals surface area contributed by atoms with Gasteiger partial charge in [-0.3, -0.25) is 14.4 Å². The molecule has 150 valence electrons. The molecule has 7 heteroatoms. The highest BCUT2D eigenvalue weighted by atomic mass is 16.5. The summed E-state index contributed by atoms with van der Waals surface area (Å²) in [5, 5.41) is 9.04. The van der Waals surface area contributed by atoms with E-state index in [0.29, 0.717) is 13.2 Å². The molecule has 2 heterocycles. The molecule has 3 rings (SSSR count). The molecule has 0 aromatic heterocycles. The van der Waals surface area contributed by atoms with E-state index in [4.69, 9.17) is 9.84 Å². The predicted molar refractivity (Wildman–Crippen MR) is 103 cm³/mol. The first-order valence-electron chi connectivity index (χ1n) is 9.63. The van der Waals surface area contributed by atoms with Crippen molar-refractivity contribution in [3.63, 3.8) is 0 Å². The molecule has 0 radical (unpaired) electrons. The Labute approximate surface area is 164 Å². The standard InChI is InChI=1S/C21H26N2O5/c1-15(24)23-11-8-16-5-2-3-7-18(16)19(23)13-20(25)22(10-9-21(26)27)14-17-6-4-12-28-17/h2-3,5,7-8,11,17,19H,4,6,9-10,12-14H2,1H3,(H,26,27)/t17-,19-/m1/s1. The maximum absolute atomic E-state index is 13.1. The summed E-state index contributed by atoms with van der Waals surface area (Å²) in [6.45, 7) is 2.67. The van der Waals surface area contributed by atoms with Gasteiger partial charge in [0.2, 0.25) is 11.8 Å². The molecule has 2 atom stereocenters. The molecule has 0 saturated carbocycles. The number of carbonyl (C=O) groups excluding carboxylic acids is 2. The van der Waals surface area contributed by atoms with Crippen LogP contribution in [0.3, 0.4) is 0 Å². The van der Waals surface area contributed by atoms with Crippen LogP contribution in [0, 0.1) is 0 Å². The van der Waals surface area contributed by atoms with Crippen molar-refractivity contribution in [2.45, 2.75) is 44.8 Å². The monoisotopic (exact) mass is 386 g/mol. The van der Waals surface area contributed by atoms with Crippen molar-refractivity contribution in [1.82, 2.24) is 9.80 Å². The van der Waals surface area contributed by atoms with Gasteiger partial charge < -0.3 is 19.6 Å². The fraction of sp³-hybridized carbons (Fsp3) is 0.476. The first-order chi connectivity index (χ1) is 13.5. The number of carboxylic acid groups (broad SMARTS) is 1. The second kappa shape index (κ2) is 9.01. The number of fused-ring (bicyclic) bond motifs is 1. The van der Waals surface area contributed by atoms with Gasteiger partial charge >= 0.3 is 5.97 Å². The van der Waals surface area contributed by atoms with Gasteiger partial charge in [0.1, 0.15) is 0 Å². The van der Waals surface area contributed by atoms with Crippen molar-refractivity contribution < 1.29 is 24.2 Å². The molecule has 2 aliphatic heterocycles. The Bertz CT molecular complexity index is 770. The van der Waals surface area contributed by atoms with Gasteiger partial charge in [-0.25, -0.2) is 0 Å². The minimum absolute atomic E-state index is 0.0554. The third-order valence-corrected chi connectivity index (χ3v) is 5.23. The van der Waals surface area contributed by atoms with Gasteiger partial charge in [-0.15, -0.1) is 0 Å². The SMILES string of the molecule is CC(=O)N1C=Cc2ccccc2[C@H]1CC(=O)N(CCC(=O)O)C[C@H]1CCCO1. The number of hydrogen-bond acceptors (Lipinski definition) is 4. The summed E-state index contributed by atoms with van der Waals surface area (Å²) < 4.78 is 5.63. The minimum atomic E-state index is -0.943. The lowest BCUT2D eigenvalue weighted by Crippen LogP contribution is -2.41. The number of hydrogen-bond donors (Lipinski definition) is 1. The van der Waals surface area contributed by atoms with Crippen LogP contribution in [0.1, 0.15) is 49.8 Å². The predicted octanol–water partition coefficient (Wildman–Crippen LogP) is 2.43. The summed E-state index contributed by atoms with van der Waals surface area (Å²) in [5.74, 6) is -1.25. The van der Waals surface area contributed by atoms with E-state index in [1.807, 2.05) is 30.3 Å². The second-order valence-corrected chi connectivity index (χ2v) is 7.21. The zero-order valence-electron chi connectivity index (χ0n) is 16.0. The summed E-state index contributed by atoms with van der Waals surface area (Å²) in [6, 6.07) is 7.29. The number of amides is 2. The van der Waals surface area contributed by atoms with Crippen LogP contribution in [0.4, 0.5) is 0 Å². The molecule has 1 aromatic rings. The highest BCUT2D eigenvalue weighted by molar-refractivity contribution is 5.82. The average Bonchev–Trinajstić information content (AvgIpc) is 3.18. The summed E-state index contributed by atoms with van der Waals surface area (Å²) >= 11 is 0. The largest absolute Gasteiger partial charge is 0.481 e. The molecule has 1 fully saturated rings. The summed E-state index contributed by atoms with van der Waals surface area (Å²) in [5.41, 5.74) is 1.90. The maximum atomic E-state index is 13.1. The van der Waals surface area contributed by atoms with E-state index >= 15 is 0 Å². The lowest BCUT2D eigenvalue weighted by Gasteiger charge is -2.34. The molecule has 2 aliphatic rings. The number of nitrogens with zero attached hydrogens (tertiary/aromatic N) is 2. The third-order valence-electron chi connectivity index (χ3n) is 5.23. The smallest absolute Gasteiger partial charge is 0.305 e. The molecule has 2 amide bonds. The molecule has 1 aromatic carbocycles. The normalized spacial score (nSPS) is 20.7. The Morgan fingerprint density at radius 2 is 2.07 bits per heavy atom. The highest BCUT2D eigenvalue weighted by Gasteiger charge is 2.31. The quantitative estimate of drug-likeness (QED) is 0.778. The second-order valence-electron chi connectivity index (χ2n) is 7.21. The van der Waals surface area contributed by atoms with E-state index in [-0.39, 0.29) is 37.3 Å². The zero-order valence-corrected chi connectivity index (χ0v) is 16.0. The van der Waals surface area contributed by atoms with E-state index in [0.717, 1.165) is 24.0 Å². The first-order valence-corrected chi connectivity index (χ1v) is 9.63. The van der Waals surface area contributed by atoms with Crippen molar-refractivity contribution in [2.24, 2.45) is 0 Å². The van der Waals surface area contributed by atoms with Crippen LogP contribution in [0.5, 0.6) is 0 Å². The molecule has 1 N–H and O–H groups in total. The van der Waals surface area contributed by atoms with Gasteiger partial charge in [0.25, 0.3) is 0 Å². The topological polar surface area (TPSA) is 87.2 Å². The molecular formula is C21H26N2O5. The molecule has 0 spiro atoms. The number of carbonyl (C=O) groups is 3. The van der Waals surface area contributed by atoms with Crippen LogP contribution < -0.4 is 0 Å². The van der Waals surface area contributed by atoms with Gasteiger partial charge in [0.15, 0.2) is 0 Å². The van der Waals surface area contributed by atoms with Crippen LogP contribution in [0.2, 0.25) is 0 Å². The molecule has 0 aliphatic carbocycles. The van der Waals surface area contributed by atoms with Gasteiger partial charge in [-0.2, -0.15) is 0 Å². The van der Waals surface area contributed by atoms with Crippen molar-refractivity contribution in [3.8, 4) is 0 Å². The van der Waals surface area contributed by atoms with Crippen molar-refractivity contribution in [3.05, 3.63) is 41.6 Å². The lowest BCUT2D eigenvalue weighted by atomic mass is 9.93. The average molecular weight is 386 g/mol. The number of rotatable bonds is 7. The van der Waals surface area contributed by atoms with Gasteiger partial charge in [-0.05, 0) is 30.0 Å². The molecule has 28 heavy (non-hydrogen) atoms. The van der Waals surface area contributed by atoms with Crippen LogP contribution in [-0.4, -0.2) is 58.5 Å². The Hall–Kier alpha value is -2.67. The van der Waals surface area contributed by atoms with E-state index in [2.05, 4.69) is 0 Å². The molecule has 0 bridgehead atoms. The Balaban J connectivity index is 1.78. The summed E-state index contributed by atoms with van der Waals surface area (Å²) in [6.07, 6.45) is 5.33. The van der Waals surface area contributed by atoms with Crippen LogP contribution in [-0.2, 0) is 19.1 Å². The first kappa shape index (κ1) is 20.1. The highest BCUT2D eigenvalue weighted by Crippen LogP contribution is 2.33. The van der Waals surface area contributed by atoms with E-state index in [9.17, 15) is 14.4 Å². The summed E-state index contributed by atoms with van der Waals surface area (Å²) in [7, 11) is 0. The van der Waals surface area contributed by atoms with Gasteiger partial charge in [-0.1, -0.05) is 24.3 Å². The molecule has 7 nitrogen and oxygen atoms in total. The van der Waals surface area contributed by atoms with Crippen LogP contribution in [0.25, 0.3) is 6.08 Å². The molecular weight excluding hydrogens is 360 g/mol. The van der Waals surface area contributed by atoms with Crippen molar-refractivity contribution in [2.75, 3.05) is 19.7 Å². The Morgan fingerprint density at radius 3 is 2.75 bits per heavy atom. The van der Waals surface area contributed by atoms with E-state index < -0.39 is 12.0 Å². The zero-order chi connectivity index (χ0) is 20.1. The number of ether oxygens (including phenoxy) is 1. The fourth-order valence-electron chi connectivity index (χ4n) is 3.79. The van der Waals surface area contributed by atoms with Crippen LogP contribution >= 0.6 is 0 Å². The van der Waals surface area contributed by atoms with Crippen molar-refractivity contribution >= 4 is 23.9 Å². The molecule has 0 unspecified atom stereocenters. The number of carboxylic acids is 1. The summed E-state index contributed by atoms with van der Waals surface area (Å²) in [4.78, 5) is 39.4. The van der Waals surface area contributed by atoms with Crippen molar-refractivity contribution in [1.29, 1.82) is 0 Å². The van der Waals surface area contributed by atoms with Gasteiger partial charge in [0, 0.05) is 32.8 Å². The molecule has 1 saturated heterocycles. The Kier molecular flexibility index (Phi) is 6.46.